The number of benzene rings is 1. The molecule has 1 nitrogen and oxygen atoms in total. The van der Waals surface area contributed by atoms with Crippen LogP contribution in [-0.2, 0) is 0 Å². The molecule has 0 saturated heterocycles. The Morgan fingerprint density at radius 2 is 1.86 bits per heavy atom. The van der Waals surface area contributed by atoms with Gasteiger partial charge in [0, 0.05) is 17.7 Å². The van der Waals surface area contributed by atoms with Crippen LogP contribution in [0.2, 0.25) is 0 Å². The number of hydrogen-bond acceptors (Lipinski definition) is 2. The van der Waals surface area contributed by atoms with Gasteiger partial charge in [-0.15, -0.1) is 0 Å². The molecule has 0 spiro atoms. The summed E-state index contributed by atoms with van der Waals surface area (Å²) in [6.45, 7) is 0. The van der Waals surface area contributed by atoms with Gasteiger partial charge in [-0.25, -0.2) is 8.78 Å². The molecule has 0 saturated carbocycles. The summed E-state index contributed by atoms with van der Waals surface area (Å²) in [5.74, 6) is 2.87. The van der Waals surface area contributed by atoms with E-state index in [1.54, 1.807) is 0 Å². The van der Waals surface area contributed by atoms with Gasteiger partial charge < -0.3 is 5.11 Å². The fraction of sp³-hybridized carbons (Fsp3) is 0.200. The molecule has 1 aromatic rings. The van der Waals surface area contributed by atoms with Crippen molar-refractivity contribution in [3.63, 3.8) is 0 Å². The second-order valence-electron chi connectivity index (χ2n) is 2.56. The van der Waals surface area contributed by atoms with E-state index in [2.05, 4.69) is 24.5 Å². The standard InChI is InChI=1S/C10H8F2OS/c11-8-5-7(3-1-2-4-14)6-9(12)10(8)13/h5-6,13-14H,2,4H2. The SMILES string of the molecule is Oc1c(F)cc(C#CCCS)cc1F. The van der Waals surface area contributed by atoms with E-state index in [1.165, 1.54) is 0 Å². The fourth-order valence-corrected chi connectivity index (χ4v) is 0.970. The first-order valence-corrected chi connectivity index (χ1v) is 4.56. The van der Waals surface area contributed by atoms with Gasteiger partial charge in [0.05, 0.1) is 0 Å². The Hall–Kier alpha value is -1.21. The van der Waals surface area contributed by atoms with Crippen molar-refractivity contribution >= 4 is 12.6 Å². The fourth-order valence-electron chi connectivity index (χ4n) is 0.858. The van der Waals surface area contributed by atoms with Crippen LogP contribution in [0.4, 0.5) is 8.78 Å². The van der Waals surface area contributed by atoms with Crippen LogP contribution in [0.5, 0.6) is 5.75 Å². The molecular weight excluding hydrogens is 206 g/mol. The van der Waals surface area contributed by atoms with Crippen LogP contribution in [0.25, 0.3) is 0 Å². The van der Waals surface area contributed by atoms with Crippen molar-refractivity contribution in [2.75, 3.05) is 5.75 Å². The van der Waals surface area contributed by atoms with E-state index < -0.39 is 17.4 Å². The second-order valence-corrected chi connectivity index (χ2v) is 3.01. The molecule has 0 bridgehead atoms. The van der Waals surface area contributed by atoms with Gasteiger partial charge in [0.1, 0.15) is 0 Å². The van der Waals surface area contributed by atoms with Crippen molar-refractivity contribution in [3.8, 4) is 17.6 Å². The molecule has 1 N–H and O–H groups in total. The summed E-state index contributed by atoms with van der Waals surface area (Å²) in [5.41, 5.74) is 0.208. The van der Waals surface area contributed by atoms with Gasteiger partial charge in [-0.1, -0.05) is 11.8 Å². The molecular formula is C10H8F2OS. The van der Waals surface area contributed by atoms with Crippen LogP contribution in [0.3, 0.4) is 0 Å². The molecule has 0 amide bonds. The first-order valence-electron chi connectivity index (χ1n) is 3.93. The number of thiol groups is 1. The zero-order valence-corrected chi connectivity index (χ0v) is 8.11. The maximum atomic E-state index is 12.8. The Morgan fingerprint density at radius 3 is 2.36 bits per heavy atom. The molecule has 74 valence electrons. The number of aromatic hydroxyl groups is 1. The third kappa shape index (κ3) is 2.64. The molecule has 0 atom stereocenters. The minimum absolute atomic E-state index is 0.208. The summed E-state index contributed by atoms with van der Waals surface area (Å²) in [4.78, 5) is 0. The van der Waals surface area contributed by atoms with Crippen LogP contribution >= 0.6 is 12.6 Å². The zero-order valence-electron chi connectivity index (χ0n) is 7.22. The number of phenols is 1. The van der Waals surface area contributed by atoms with E-state index in [1.807, 2.05) is 0 Å². The Balaban J connectivity index is 2.97. The predicted molar refractivity (Wildman–Crippen MR) is 53.4 cm³/mol. The summed E-state index contributed by atoms with van der Waals surface area (Å²) >= 11 is 3.93. The van der Waals surface area contributed by atoms with Crippen LogP contribution in [0.1, 0.15) is 12.0 Å². The van der Waals surface area contributed by atoms with Crippen LogP contribution in [0.15, 0.2) is 12.1 Å². The summed E-state index contributed by atoms with van der Waals surface area (Å²) in [6, 6.07) is 1.98. The molecule has 0 fully saturated rings. The summed E-state index contributed by atoms with van der Waals surface area (Å²) in [7, 11) is 0. The minimum Gasteiger partial charge on any atom is -0.503 e. The van der Waals surface area contributed by atoms with Gasteiger partial charge in [-0.2, -0.15) is 12.6 Å². The summed E-state index contributed by atoms with van der Waals surface area (Å²) < 4.78 is 25.6. The maximum absolute atomic E-state index is 12.8. The zero-order chi connectivity index (χ0) is 10.6. The van der Waals surface area contributed by atoms with Crippen molar-refractivity contribution in [1.29, 1.82) is 0 Å². The van der Waals surface area contributed by atoms with Gasteiger partial charge in [0.2, 0.25) is 0 Å². The summed E-state index contributed by atoms with van der Waals surface area (Å²) in [5, 5.41) is 8.79. The molecule has 0 aliphatic heterocycles. The predicted octanol–water partition coefficient (Wildman–Crippen LogP) is 2.34. The van der Waals surface area contributed by atoms with Crippen molar-refractivity contribution in [2.24, 2.45) is 0 Å². The highest BCUT2D eigenvalue weighted by Gasteiger charge is 2.07. The Kier molecular flexibility index (Phi) is 3.78. The molecule has 0 aromatic heterocycles. The Bertz CT molecular complexity index is 370. The first kappa shape index (κ1) is 10.9. The molecule has 0 aliphatic rings. The molecule has 0 unspecified atom stereocenters. The van der Waals surface area contributed by atoms with Crippen LogP contribution < -0.4 is 0 Å². The first-order chi connectivity index (χ1) is 6.65. The van der Waals surface area contributed by atoms with E-state index in [0.717, 1.165) is 12.1 Å². The van der Waals surface area contributed by atoms with Gasteiger partial charge >= 0.3 is 0 Å². The quantitative estimate of drug-likeness (QED) is 0.543. The monoisotopic (exact) mass is 214 g/mol. The van der Waals surface area contributed by atoms with Gasteiger partial charge in [0.25, 0.3) is 0 Å². The lowest BCUT2D eigenvalue weighted by molar-refractivity contribution is 0.396. The Morgan fingerprint density at radius 1 is 1.29 bits per heavy atom. The van der Waals surface area contributed by atoms with Crippen LogP contribution in [0, 0.1) is 23.5 Å². The summed E-state index contributed by atoms with van der Waals surface area (Å²) in [6.07, 6.45) is 0.549. The highest BCUT2D eigenvalue weighted by Crippen LogP contribution is 2.20. The van der Waals surface area contributed by atoms with Gasteiger partial charge in [-0.05, 0) is 12.1 Å². The Labute approximate surface area is 86.2 Å². The van der Waals surface area contributed by atoms with Crippen LogP contribution in [-0.4, -0.2) is 10.9 Å². The van der Waals surface area contributed by atoms with Gasteiger partial charge in [0.15, 0.2) is 17.4 Å². The number of halogens is 2. The van der Waals surface area contributed by atoms with E-state index in [0.29, 0.717) is 12.2 Å². The van der Waals surface area contributed by atoms with Crippen molar-refractivity contribution < 1.29 is 13.9 Å². The average molecular weight is 214 g/mol. The highest BCUT2D eigenvalue weighted by molar-refractivity contribution is 7.80. The number of hydrogen-bond donors (Lipinski definition) is 2. The molecule has 0 aliphatic carbocycles. The third-order valence-corrected chi connectivity index (χ3v) is 1.71. The van der Waals surface area contributed by atoms with Gasteiger partial charge in [-0.3, -0.25) is 0 Å². The van der Waals surface area contributed by atoms with Crippen molar-refractivity contribution in [3.05, 3.63) is 29.3 Å². The molecule has 1 rings (SSSR count). The van der Waals surface area contributed by atoms with Crippen molar-refractivity contribution in [1.82, 2.24) is 0 Å². The highest BCUT2D eigenvalue weighted by atomic mass is 32.1. The average Bonchev–Trinajstić information content (AvgIpc) is 2.14. The normalized spacial score (nSPS) is 9.36. The lowest BCUT2D eigenvalue weighted by Crippen LogP contribution is -1.85. The largest absolute Gasteiger partial charge is 0.503 e. The molecule has 4 heteroatoms. The topological polar surface area (TPSA) is 20.2 Å². The molecule has 14 heavy (non-hydrogen) atoms. The lowest BCUT2D eigenvalue weighted by atomic mass is 10.2. The smallest absolute Gasteiger partial charge is 0.187 e. The van der Waals surface area contributed by atoms with E-state index in [4.69, 9.17) is 5.11 Å². The van der Waals surface area contributed by atoms with E-state index >= 15 is 0 Å². The van der Waals surface area contributed by atoms with Crippen molar-refractivity contribution in [2.45, 2.75) is 6.42 Å². The van der Waals surface area contributed by atoms with E-state index in [9.17, 15) is 8.78 Å². The second kappa shape index (κ2) is 4.87. The van der Waals surface area contributed by atoms with E-state index in [-0.39, 0.29) is 5.56 Å². The minimum atomic E-state index is -1.000. The number of rotatable bonds is 1. The molecule has 0 heterocycles. The molecule has 1 aromatic carbocycles. The maximum Gasteiger partial charge on any atom is 0.187 e. The lowest BCUT2D eigenvalue weighted by Gasteiger charge is -1.97. The molecule has 0 radical (unpaired) electrons. The third-order valence-electron chi connectivity index (χ3n) is 1.49. The number of phenolic OH excluding ortho intramolecular Hbond substituents is 1.